The Balaban J connectivity index is 1.69. The number of hydrogen-bond acceptors (Lipinski definition) is 5. The average Bonchev–Trinajstić information content (AvgIpc) is 3.48. The van der Waals surface area contributed by atoms with E-state index in [1.165, 1.54) is 17.4 Å². The molecule has 0 aromatic carbocycles. The molecule has 4 heterocycles. The highest BCUT2D eigenvalue weighted by atomic mass is 32.1. The molecule has 1 amide bonds. The van der Waals surface area contributed by atoms with Crippen molar-refractivity contribution in [3.63, 3.8) is 0 Å². The van der Waals surface area contributed by atoms with Crippen LogP contribution in [0.15, 0.2) is 36.5 Å². The maximum atomic E-state index is 13.7. The summed E-state index contributed by atoms with van der Waals surface area (Å²) in [5.74, 6) is -0.589. The van der Waals surface area contributed by atoms with E-state index in [1.807, 2.05) is 19.9 Å². The summed E-state index contributed by atoms with van der Waals surface area (Å²) in [6, 6.07) is 7.61. The van der Waals surface area contributed by atoms with E-state index < -0.39 is 17.8 Å². The molecule has 0 radical (unpaired) electrons. The first-order chi connectivity index (χ1) is 14.8. The van der Waals surface area contributed by atoms with E-state index in [9.17, 15) is 18.0 Å². The molecule has 0 aliphatic rings. The van der Waals surface area contributed by atoms with Gasteiger partial charge in [0.1, 0.15) is 0 Å². The number of hydrogen-bond donors (Lipinski definition) is 1. The van der Waals surface area contributed by atoms with Crippen molar-refractivity contribution >= 4 is 22.9 Å². The van der Waals surface area contributed by atoms with Gasteiger partial charge in [0.25, 0.3) is 5.91 Å². The number of alkyl halides is 3. The number of amides is 1. The molecule has 11 heteroatoms. The van der Waals surface area contributed by atoms with Crippen LogP contribution >= 0.6 is 11.3 Å². The zero-order valence-corrected chi connectivity index (χ0v) is 17.6. The minimum absolute atomic E-state index is 0.0416. The van der Waals surface area contributed by atoms with Gasteiger partial charge in [0.15, 0.2) is 17.0 Å². The van der Waals surface area contributed by atoms with Crippen molar-refractivity contribution in [2.45, 2.75) is 39.5 Å². The molecule has 0 aliphatic heterocycles. The molecule has 1 N–H and O–H groups in total. The molecule has 0 bridgehead atoms. The van der Waals surface area contributed by atoms with E-state index in [0.717, 1.165) is 23.1 Å². The van der Waals surface area contributed by atoms with Crippen molar-refractivity contribution < 1.29 is 18.0 Å². The van der Waals surface area contributed by atoms with Crippen LogP contribution < -0.4 is 5.32 Å². The largest absolute Gasteiger partial charge is 0.433 e. The Morgan fingerprint density at radius 2 is 2.00 bits per heavy atom. The van der Waals surface area contributed by atoms with Gasteiger partial charge in [0.2, 0.25) is 0 Å². The van der Waals surface area contributed by atoms with Crippen molar-refractivity contribution in [3.05, 3.63) is 58.5 Å². The fraction of sp³-hybridized carbons (Fsp3) is 0.300. The van der Waals surface area contributed by atoms with Crippen molar-refractivity contribution in [1.29, 1.82) is 0 Å². The Kier molecular flexibility index (Phi) is 5.52. The number of aryl methyl sites for hydroxylation is 2. The molecule has 0 fully saturated rings. The third-order valence-corrected chi connectivity index (χ3v) is 6.00. The van der Waals surface area contributed by atoms with Gasteiger partial charge in [-0.15, -0.1) is 11.3 Å². The summed E-state index contributed by atoms with van der Waals surface area (Å²) in [6.45, 7) is 4.71. The molecule has 4 aromatic rings. The number of thiophene rings is 1. The van der Waals surface area contributed by atoms with Crippen LogP contribution in [0.5, 0.6) is 0 Å². The van der Waals surface area contributed by atoms with E-state index in [2.05, 4.69) is 20.5 Å². The zero-order chi connectivity index (χ0) is 22.2. The first-order valence-electron chi connectivity index (χ1n) is 9.66. The normalized spacial score (nSPS) is 11.9. The Labute approximate surface area is 179 Å². The topological polar surface area (TPSA) is 77.1 Å². The quantitative estimate of drug-likeness (QED) is 0.480. The number of nitrogens with zero attached hydrogens (tertiary/aromatic N) is 5. The Hall–Kier alpha value is -3.21. The molecule has 7 nitrogen and oxygen atoms in total. The Bertz CT molecular complexity index is 1240. The smallest absolute Gasteiger partial charge is 0.345 e. The van der Waals surface area contributed by atoms with Crippen LogP contribution in [0, 0.1) is 0 Å². The monoisotopic (exact) mass is 448 g/mol. The van der Waals surface area contributed by atoms with Crippen LogP contribution in [-0.2, 0) is 25.7 Å². The number of carbonyl (C=O) groups is 1. The molecule has 0 aliphatic carbocycles. The fourth-order valence-corrected chi connectivity index (χ4v) is 4.08. The SMILES string of the molecule is CCc1ccc(-c2cc(C(F)(F)F)n3nc(C(=O)NCc4ccnn4CC)cc3n2)s1. The molecule has 0 spiro atoms. The van der Waals surface area contributed by atoms with E-state index >= 15 is 0 Å². The highest BCUT2D eigenvalue weighted by Gasteiger charge is 2.35. The van der Waals surface area contributed by atoms with E-state index in [4.69, 9.17) is 0 Å². The molecule has 0 saturated heterocycles. The molecule has 0 saturated carbocycles. The maximum Gasteiger partial charge on any atom is 0.433 e. The summed E-state index contributed by atoms with van der Waals surface area (Å²) in [5, 5.41) is 10.7. The summed E-state index contributed by atoms with van der Waals surface area (Å²) in [4.78, 5) is 18.5. The Morgan fingerprint density at radius 1 is 1.19 bits per heavy atom. The van der Waals surface area contributed by atoms with Crippen molar-refractivity contribution in [1.82, 2.24) is 29.7 Å². The number of halogens is 3. The van der Waals surface area contributed by atoms with Gasteiger partial charge in [-0.25, -0.2) is 9.50 Å². The summed E-state index contributed by atoms with van der Waals surface area (Å²) in [6.07, 6.45) is -2.26. The minimum Gasteiger partial charge on any atom is -0.345 e. The lowest BCUT2D eigenvalue weighted by atomic mass is 10.2. The van der Waals surface area contributed by atoms with Crippen LogP contribution in [-0.4, -0.2) is 30.3 Å². The summed E-state index contributed by atoms with van der Waals surface area (Å²) >= 11 is 1.39. The lowest BCUT2D eigenvalue weighted by molar-refractivity contribution is -0.142. The molecular formula is C20H19F3N6OS. The second-order valence-corrected chi connectivity index (χ2v) is 7.93. The number of fused-ring (bicyclic) bond motifs is 1. The molecule has 4 aromatic heterocycles. The van der Waals surface area contributed by atoms with Gasteiger partial charge in [-0.05, 0) is 37.6 Å². The molecular weight excluding hydrogens is 429 g/mol. The summed E-state index contributed by atoms with van der Waals surface area (Å²) < 4.78 is 43.5. The molecule has 0 unspecified atom stereocenters. The van der Waals surface area contributed by atoms with Gasteiger partial charge in [0, 0.05) is 23.7 Å². The highest BCUT2D eigenvalue weighted by Crippen LogP contribution is 2.34. The molecule has 31 heavy (non-hydrogen) atoms. The van der Waals surface area contributed by atoms with Crippen molar-refractivity contribution in [2.24, 2.45) is 0 Å². The van der Waals surface area contributed by atoms with Crippen LogP contribution in [0.2, 0.25) is 0 Å². The lowest BCUT2D eigenvalue weighted by Crippen LogP contribution is -2.25. The fourth-order valence-electron chi connectivity index (χ4n) is 3.18. The van der Waals surface area contributed by atoms with Gasteiger partial charge >= 0.3 is 6.18 Å². The highest BCUT2D eigenvalue weighted by molar-refractivity contribution is 7.15. The predicted molar refractivity (Wildman–Crippen MR) is 110 cm³/mol. The number of carbonyl (C=O) groups excluding carboxylic acids is 1. The zero-order valence-electron chi connectivity index (χ0n) is 16.8. The van der Waals surface area contributed by atoms with Crippen LogP contribution in [0.4, 0.5) is 13.2 Å². The van der Waals surface area contributed by atoms with Gasteiger partial charge < -0.3 is 5.32 Å². The summed E-state index contributed by atoms with van der Waals surface area (Å²) in [7, 11) is 0. The third kappa shape index (κ3) is 4.18. The van der Waals surface area contributed by atoms with Crippen molar-refractivity contribution in [2.75, 3.05) is 0 Å². The minimum atomic E-state index is -4.66. The van der Waals surface area contributed by atoms with Gasteiger partial charge in [-0.2, -0.15) is 23.4 Å². The Morgan fingerprint density at radius 3 is 2.68 bits per heavy atom. The average molecular weight is 448 g/mol. The van der Waals surface area contributed by atoms with Gasteiger partial charge in [-0.3, -0.25) is 9.48 Å². The summed E-state index contributed by atoms with van der Waals surface area (Å²) in [5.41, 5.74) is -0.191. The van der Waals surface area contributed by atoms with Crippen LogP contribution in [0.3, 0.4) is 0 Å². The van der Waals surface area contributed by atoms with E-state index in [1.54, 1.807) is 23.0 Å². The molecule has 162 valence electrons. The van der Waals surface area contributed by atoms with E-state index in [0.29, 0.717) is 15.9 Å². The van der Waals surface area contributed by atoms with Crippen LogP contribution in [0.25, 0.3) is 16.2 Å². The lowest BCUT2D eigenvalue weighted by Gasteiger charge is -2.10. The van der Waals surface area contributed by atoms with Gasteiger partial charge in [0.05, 0.1) is 22.8 Å². The first-order valence-corrected chi connectivity index (χ1v) is 10.5. The number of nitrogens with one attached hydrogen (secondary N) is 1. The first kappa shape index (κ1) is 21.0. The number of aromatic nitrogens is 5. The molecule has 0 atom stereocenters. The predicted octanol–water partition coefficient (Wildman–Crippen LogP) is 4.19. The van der Waals surface area contributed by atoms with E-state index in [-0.39, 0.29) is 23.6 Å². The van der Waals surface area contributed by atoms with Crippen LogP contribution in [0.1, 0.15) is 40.6 Å². The van der Waals surface area contributed by atoms with Crippen molar-refractivity contribution in [3.8, 4) is 10.6 Å². The maximum absolute atomic E-state index is 13.7. The third-order valence-electron chi connectivity index (χ3n) is 4.75. The second kappa shape index (κ2) is 8.14. The standard InChI is InChI=1S/C20H19F3N6OS/c1-3-13-5-6-16(31-13)14-9-17(20(21,22)23)29-18(26-14)10-15(27-29)19(30)24-11-12-7-8-25-28(12)4-2/h5-10H,3-4,11H2,1-2H3,(H,24,30). The molecule has 4 rings (SSSR count). The number of rotatable bonds is 6. The van der Waals surface area contributed by atoms with Gasteiger partial charge in [-0.1, -0.05) is 6.92 Å². The second-order valence-electron chi connectivity index (χ2n) is 6.76.